The van der Waals surface area contributed by atoms with E-state index in [-0.39, 0.29) is 5.82 Å². The van der Waals surface area contributed by atoms with E-state index in [9.17, 15) is 4.39 Å². The molecule has 2 aromatic rings. The van der Waals surface area contributed by atoms with E-state index in [1.807, 2.05) is 30.1 Å². The number of benzene rings is 1. The predicted octanol–water partition coefficient (Wildman–Crippen LogP) is 3.05. The summed E-state index contributed by atoms with van der Waals surface area (Å²) in [5, 5.41) is 4.33. The van der Waals surface area contributed by atoms with Gasteiger partial charge in [0, 0.05) is 44.5 Å². The number of nitrogens with zero attached hydrogens (tertiary/aromatic N) is 3. The third kappa shape index (κ3) is 4.18. The Balaban J connectivity index is 1.72. The fraction of sp³-hybridized carbons (Fsp3) is 0.500. The molecule has 0 radical (unpaired) electrons. The quantitative estimate of drug-likeness (QED) is 0.820. The molecule has 0 bridgehead atoms. The van der Waals surface area contributed by atoms with Crippen LogP contribution in [0.1, 0.15) is 29.7 Å². The first-order valence-corrected chi connectivity index (χ1v) is 8.17. The summed E-state index contributed by atoms with van der Waals surface area (Å²) < 4.78 is 20.8. The molecular formula is C18H24FN3O. The summed E-state index contributed by atoms with van der Waals surface area (Å²) in [4.78, 5) is 2.37. The standard InChI is InChI=1S/C18H24FN3O/c1-14-16(10-20-21(14)2)12-22(13-18-4-3-9-23-18)11-15-5-7-17(19)8-6-15/h5-8,10,18H,3-4,9,11-13H2,1-2H3. The highest BCUT2D eigenvalue weighted by atomic mass is 19.1. The summed E-state index contributed by atoms with van der Waals surface area (Å²) in [5.41, 5.74) is 3.53. The van der Waals surface area contributed by atoms with Crippen LogP contribution in [0.15, 0.2) is 30.5 Å². The van der Waals surface area contributed by atoms with Crippen molar-refractivity contribution in [1.82, 2.24) is 14.7 Å². The van der Waals surface area contributed by atoms with Gasteiger partial charge in [0.15, 0.2) is 0 Å². The van der Waals surface area contributed by atoms with Gasteiger partial charge in [-0.15, -0.1) is 0 Å². The van der Waals surface area contributed by atoms with Crippen molar-refractivity contribution in [3.63, 3.8) is 0 Å². The molecule has 5 heteroatoms. The molecule has 1 aromatic carbocycles. The van der Waals surface area contributed by atoms with Crippen molar-refractivity contribution in [2.45, 2.75) is 39.0 Å². The molecule has 1 atom stereocenters. The average molecular weight is 317 g/mol. The third-order valence-electron chi connectivity index (χ3n) is 4.54. The van der Waals surface area contributed by atoms with Crippen LogP contribution in [0, 0.1) is 12.7 Å². The maximum Gasteiger partial charge on any atom is 0.123 e. The van der Waals surface area contributed by atoms with Crippen LogP contribution in [-0.4, -0.2) is 33.9 Å². The summed E-state index contributed by atoms with van der Waals surface area (Å²) >= 11 is 0. The third-order valence-corrected chi connectivity index (χ3v) is 4.54. The average Bonchev–Trinajstić information content (AvgIpc) is 3.15. The number of hydrogen-bond acceptors (Lipinski definition) is 3. The molecule has 0 N–H and O–H groups in total. The minimum absolute atomic E-state index is 0.192. The van der Waals surface area contributed by atoms with Crippen molar-refractivity contribution in [2.75, 3.05) is 13.2 Å². The fourth-order valence-electron chi connectivity index (χ4n) is 3.05. The van der Waals surface area contributed by atoms with Crippen molar-refractivity contribution in [1.29, 1.82) is 0 Å². The lowest BCUT2D eigenvalue weighted by molar-refractivity contribution is 0.0678. The highest BCUT2D eigenvalue weighted by Crippen LogP contribution is 2.18. The van der Waals surface area contributed by atoms with Crippen LogP contribution in [-0.2, 0) is 24.9 Å². The molecule has 0 spiro atoms. The van der Waals surface area contributed by atoms with Gasteiger partial charge in [-0.1, -0.05) is 12.1 Å². The summed E-state index contributed by atoms with van der Waals surface area (Å²) in [6.45, 7) is 5.46. The van der Waals surface area contributed by atoms with Crippen molar-refractivity contribution >= 4 is 0 Å². The fourth-order valence-corrected chi connectivity index (χ4v) is 3.05. The first-order chi connectivity index (χ1) is 11.1. The number of hydrogen-bond donors (Lipinski definition) is 0. The predicted molar refractivity (Wildman–Crippen MR) is 87.4 cm³/mol. The van der Waals surface area contributed by atoms with E-state index in [4.69, 9.17) is 4.74 Å². The van der Waals surface area contributed by atoms with E-state index < -0.39 is 0 Å². The molecule has 1 aromatic heterocycles. The lowest BCUT2D eigenvalue weighted by Gasteiger charge is -2.25. The molecule has 1 unspecified atom stereocenters. The van der Waals surface area contributed by atoms with Gasteiger partial charge in [-0.25, -0.2) is 4.39 Å². The largest absolute Gasteiger partial charge is 0.377 e. The lowest BCUT2D eigenvalue weighted by Crippen LogP contribution is -2.31. The van der Waals surface area contributed by atoms with Crippen LogP contribution in [0.3, 0.4) is 0 Å². The van der Waals surface area contributed by atoms with Gasteiger partial charge < -0.3 is 4.74 Å². The second kappa shape index (κ2) is 7.23. The van der Waals surface area contributed by atoms with Crippen molar-refractivity contribution in [3.8, 4) is 0 Å². The molecule has 0 saturated carbocycles. The lowest BCUT2D eigenvalue weighted by atomic mass is 10.1. The molecule has 0 aliphatic carbocycles. The van der Waals surface area contributed by atoms with Gasteiger partial charge in [-0.05, 0) is 37.5 Å². The first-order valence-electron chi connectivity index (χ1n) is 8.17. The van der Waals surface area contributed by atoms with E-state index in [1.54, 1.807) is 0 Å². The topological polar surface area (TPSA) is 30.3 Å². The maximum absolute atomic E-state index is 13.1. The summed E-state index contributed by atoms with van der Waals surface area (Å²) in [5.74, 6) is -0.192. The van der Waals surface area contributed by atoms with Crippen molar-refractivity contribution in [3.05, 3.63) is 53.1 Å². The highest BCUT2D eigenvalue weighted by Gasteiger charge is 2.20. The van der Waals surface area contributed by atoms with E-state index in [0.29, 0.717) is 6.10 Å². The minimum atomic E-state index is -0.192. The Hall–Kier alpha value is -1.72. The zero-order valence-electron chi connectivity index (χ0n) is 13.8. The Kier molecular flexibility index (Phi) is 5.08. The molecule has 3 rings (SSSR count). The number of aryl methyl sites for hydroxylation is 1. The Bertz CT molecular complexity index is 632. The summed E-state index contributed by atoms with van der Waals surface area (Å²) in [7, 11) is 1.96. The molecule has 1 fully saturated rings. The Morgan fingerprint density at radius 1 is 1.30 bits per heavy atom. The van der Waals surface area contributed by atoms with Crippen LogP contribution in [0.4, 0.5) is 4.39 Å². The van der Waals surface area contributed by atoms with Gasteiger partial charge in [0.05, 0.1) is 12.3 Å². The van der Waals surface area contributed by atoms with E-state index >= 15 is 0 Å². The molecule has 4 nitrogen and oxygen atoms in total. The van der Waals surface area contributed by atoms with Gasteiger partial charge >= 0.3 is 0 Å². The van der Waals surface area contributed by atoms with Crippen LogP contribution >= 0.6 is 0 Å². The number of aromatic nitrogens is 2. The SMILES string of the molecule is Cc1c(CN(Cc2ccc(F)cc2)CC2CCCO2)cnn1C. The molecule has 2 heterocycles. The molecule has 124 valence electrons. The number of ether oxygens (including phenoxy) is 1. The second-order valence-electron chi connectivity index (χ2n) is 6.31. The number of halogens is 1. The number of rotatable bonds is 6. The van der Waals surface area contributed by atoms with Crippen LogP contribution in [0.25, 0.3) is 0 Å². The highest BCUT2D eigenvalue weighted by molar-refractivity contribution is 5.18. The van der Waals surface area contributed by atoms with Crippen molar-refractivity contribution < 1.29 is 9.13 Å². The zero-order chi connectivity index (χ0) is 16.2. The van der Waals surface area contributed by atoms with Crippen LogP contribution in [0.2, 0.25) is 0 Å². The van der Waals surface area contributed by atoms with Crippen LogP contribution in [0.5, 0.6) is 0 Å². The monoisotopic (exact) mass is 317 g/mol. The van der Waals surface area contributed by atoms with Gasteiger partial charge in [0.25, 0.3) is 0 Å². The Morgan fingerprint density at radius 3 is 2.70 bits per heavy atom. The molecule has 1 aliphatic heterocycles. The van der Waals surface area contributed by atoms with E-state index in [1.165, 1.54) is 23.4 Å². The van der Waals surface area contributed by atoms with Gasteiger partial charge in [-0.3, -0.25) is 9.58 Å². The first kappa shape index (κ1) is 16.1. The Morgan fingerprint density at radius 2 is 2.09 bits per heavy atom. The molecule has 23 heavy (non-hydrogen) atoms. The summed E-state index contributed by atoms with van der Waals surface area (Å²) in [6.07, 6.45) is 4.49. The zero-order valence-corrected chi connectivity index (χ0v) is 13.8. The van der Waals surface area contributed by atoms with Gasteiger partial charge in [0.1, 0.15) is 5.82 Å². The van der Waals surface area contributed by atoms with E-state index in [2.05, 4.69) is 16.9 Å². The van der Waals surface area contributed by atoms with E-state index in [0.717, 1.165) is 44.6 Å². The smallest absolute Gasteiger partial charge is 0.123 e. The summed E-state index contributed by atoms with van der Waals surface area (Å²) in [6, 6.07) is 6.76. The molecule has 1 aliphatic rings. The van der Waals surface area contributed by atoms with Gasteiger partial charge in [-0.2, -0.15) is 5.10 Å². The molecule has 0 amide bonds. The minimum Gasteiger partial charge on any atom is -0.377 e. The van der Waals surface area contributed by atoms with Gasteiger partial charge in [0.2, 0.25) is 0 Å². The second-order valence-corrected chi connectivity index (χ2v) is 6.31. The maximum atomic E-state index is 13.1. The Labute approximate surface area is 136 Å². The molecular weight excluding hydrogens is 293 g/mol. The molecule has 1 saturated heterocycles. The van der Waals surface area contributed by atoms with Crippen LogP contribution < -0.4 is 0 Å². The van der Waals surface area contributed by atoms with Crippen molar-refractivity contribution in [2.24, 2.45) is 7.05 Å². The normalized spacial score (nSPS) is 18.0.